The second-order valence-corrected chi connectivity index (χ2v) is 8.13. The summed E-state index contributed by atoms with van der Waals surface area (Å²) in [6.07, 6.45) is -3.59. The molecule has 0 aliphatic rings. The van der Waals surface area contributed by atoms with E-state index in [1.165, 1.54) is 12.3 Å². The third kappa shape index (κ3) is 6.10. The van der Waals surface area contributed by atoms with E-state index >= 15 is 0 Å². The van der Waals surface area contributed by atoms with E-state index in [1.54, 1.807) is 25.1 Å². The number of nitrogens with zero attached hydrogens (tertiary/aromatic N) is 2. The summed E-state index contributed by atoms with van der Waals surface area (Å²) in [6, 6.07) is 11.6. The number of carbonyl (C=O) groups excluding carboxylic acids is 2. The van der Waals surface area contributed by atoms with Gasteiger partial charge in [-0.1, -0.05) is 18.2 Å². The van der Waals surface area contributed by atoms with Crippen molar-refractivity contribution in [3.8, 4) is 0 Å². The van der Waals surface area contributed by atoms with Crippen LogP contribution in [0, 0.1) is 19.7 Å². The molecule has 0 saturated carbocycles. The molecule has 8 nitrogen and oxygen atoms in total. The maximum atomic E-state index is 13.9. The molecular formula is C25H20F4N6O2. The highest BCUT2D eigenvalue weighted by Gasteiger charge is 2.32. The summed E-state index contributed by atoms with van der Waals surface area (Å²) in [5.74, 6) is -2.47. The number of rotatable bonds is 6. The SMILES string of the molecule is Cc1cc(NC(=O)c2cnc(Nc3ccccc3C)c(NC(=O)c3cc(F)cc(C(F)(F)F)c3)c2)n[nH]1. The van der Waals surface area contributed by atoms with Crippen LogP contribution in [0.5, 0.6) is 0 Å². The molecule has 37 heavy (non-hydrogen) atoms. The van der Waals surface area contributed by atoms with E-state index in [0.717, 1.165) is 5.56 Å². The van der Waals surface area contributed by atoms with Crippen LogP contribution in [0.25, 0.3) is 0 Å². The van der Waals surface area contributed by atoms with Crippen molar-refractivity contribution >= 4 is 34.8 Å². The molecule has 0 spiro atoms. The van der Waals surface area contributed by atoms with Gasteiger partial charge in [-0.3, -0.25) is 14.7 Å². The Kier molecular flexibility index (Phi) is 6.92. The number of nitrogens with one attached hydrogen (secondary N) is 4. The molecule has 0 radical (unpaired) electrons. The maximum absolute atomic E-state index is 13.9. The summed E-state index contributed by atoms with van der Waals surface area (Å²) < 4.78 is 53.3. The smallest absolute Gasteiger partial charge is 0.338 e. The molecule has 0 fully saturated rings. The van der Waals surface area contributed by atoms with Crippen LogP contribution in [-0.4, -0.2) is 27.0 Å². The van der Waals surface area contributed by atoms with Crippen LogP contribution in [0.1, 0.15) is 37.5 Å². The molecule has 4 rings (SSSR count). The van der Waals surface area contributed by atoms with Crippen molar-refractivity contribution in [1.29, 1.82) is 0 Å². The van der Waals surface area contributed by atoms with Crippen LogP contribution >= 0.6 is 0 Å². The van der Waals surface area contributed by atoms with Crippen LogP contribution in [0.3, 0.4) is 0 Å². The van der Waals surface area contributed by atoms with E-state index in [9.17, 15) is 27.2 Å². The Morgan fingerprint density at radius 3 is 2.30 bits per heavy atom. The van der Waals surface area contributed by atoms with Gasteiger partial charge >= 0.3 is 6.18 Å². The molecule has 2 aromatic heterocycles. The standard InChI is InChI=1S/C25H20F4N6O2/c1-13-5-3-4-6-19(13)31-22-20(10-16(12-30-22)24(37)33-21-7-14(2)34-35-21)32-23(36)15-8-17(25(27,28)29)11-18(26)9-15/h3-12H,1-2H3,(H,30,31)(H,32,36)(H2,33,34,35,37). The number of hydrogen-bond donors (Lipinski definition) is 4. The Morgan fingerprint density at radius 2 is 1.62 bits per heavy atom. The van der Waals surface area contributed by atoms with Crippen molar-refractivity contribution < 1.29 is 27.2 Å². The average molecular weight is 512 g/mol. The number of H-pyrrole nitrogens is 1. The van der Waals surface area contributed by atoms with E-state index in [4.69, 9.17) is 0 Å². The van der Waals surface area contributed by atoms with Crippen LogP contribution in [0.15, 0.2) is 60.8 Å². The van der Waals surface area contributed by atoms with Gasteiger partial charge in [0.1, 0.15) is 5.82 Å². The number of aryl methyl sites for hydroxylation is 2. The van der Waals surface area contributed by atoms with Gasteiger partial charge < -0.3 is 16.0 Å². The lowest BCUT2D eigenvalue weighted by Gasteiger charge is -2.15. The van der Waals surface area contributed by atoms with Gasteiger partial charge in [0, 0.05) is 29.2 Å². The highest BCUT2D eigenvalue weighted by Crippen LogP contribution is 2.31. The summed E-state index contributed by atoms with van der Waals surface area (Å²) in [5.41, 5.74) is 0.343. The first-order chi connectivity index (χ1) is 17.5. The predicted molar refractivity (Wildman–Crippen MR) is 129 cm³/mol. The molecule has 2 amide bonds. The number of alkyl halides is 3. The normalized spacial score (nSPS) is 11.2. The van der Waals surface area contributed by atoms with Crippen molar-refractivity contribution in [3.63, 3.8) is 0 Å². The highest BCUT2D eigenvalue weighted by atomic mass is 19.4. The Morgan fingerprint density at radius 1 is 0.892 bits per heavy atom. The first-order valence-corrected chi connectivity index (χ1v) is 10.8. The minimum atomic E-state index is -4.85. The first kappa shape index (κ1) is 25.4. The Labute approximate surface area is 208 Å². The van der Waals surface area contributed by atoms with E-state index < -0.39 is 34.9 Å². The number of amides is 2. The van der Waals surface area contributed by atoms with Crippen molar-refractivity contribution in [2.24, 2.45) is 0 Å². The van der Waals surface area contributed by atoms with E-state index in [-0.39, 0.29) is 22.9 Å². The van der Waals surface area contributed by atoms with Gasteiger partial charge in [-0.15, -0.1) is 0 Å². The summed E-state index contributed by atoms with van der Waals surface area (Å²) in [7, 11) is 0. The summed E-state index contributed by atoms with van der Waals surface area (Å²) in [6.45, 7) is 3.58. The largest absolute Gasteiger partial charge is 0.416 e. The number of aromatic nitrogens is 3. The van der Waals surface area contributed by atoms with Gasteiger partial charge in [0.05, 0.1) is 16.8 Å². The lowest BCUT2D eigenvalue weighted by atomic mass is 10.1. The second-order valence-electron chi connectivity index (χ2n) is 8.13. The maximum Gasteiger partial charge on any atom is 0.416 e. The van der Waals surface area contributed by atoms with Gasteiger partial charge in [-0.05, 0) is 49.7 Å². The third-order valence-corrected chi connectivity index (χ3v) is 5.23. The number of anilines is 4. The highest BCUT2D eigenvalue weighted by molar-refractivity contribution is 6.08. The minimum Gasteiger partial charge on any atom is -0.338 e. The quantitative estimate of drug-likeness (QED) is 0.243. The number of aromatic amines is 1. The minimum absolute atomic E-state index is 0.0167. The molecule has 0 aliphatic carbocycles. The Balaban J connectivity index is 1.69. The van der Waals surface area contributed by atoms with Crippen LogP contribution in [0.2, 0.25) is 0 Å². The van der Waals surface area contributed by atoms with Crippen molar-refractivity contribution in [2.75, 3.05) is 16.0 Å². The van der Waals surface area contributed by atoms with Gasteiger partial charge in [-0.2, -0.15) is 18.3 Å². The van der Waals surface area contributed by atoms with Crippen LogP contribution < -0.4 is 16.0 Å². The molecule has 0 atom stereocenters. The molecule has 2 heterocycles. The van der Waals surface area contributed by atoms with E-state index in [1.807, 2.05) is 19.1 Å². The van der Waals surface area contributed by atoms with Crippen molar-refractivity contribution in [3.05, 3.63) is 94.6 Å². The zero-order valence-electron chi connectivity index (χ0n) is 19.5. The van der Waals surface area contributed by atoms with E-state index in [0.29, 0.717) is 29.6 Å². The molecule has 4 aromatic rings. The number of hydrogen-bond acceptors (Lipinski definition) is 5. The van der Waals surface area contributed by atoms with Crippen molar-refractivity contribution in [2.45, 2.75) is 20.0 Å². The van der Waals surface area contributed by atoms with Crippen LogP contribution in [-0.2, 0) is 6.18 Å². The fourth-order valence-corrected chi connectivity index (χ4v) is 3.37. The number of halogens is 4. The summed E-state index contributed by atoms with van der Waals surface area (Å²) in [5, 5.41) is 14.7. The molecule has 2 aromatic carbocycles. The third-order valence-electron chi connectivity index (χ3n) is 5.23. The molecular weight excluding hydrogens is 492 g/mol. The van der Waals surface area contributed by atoms with Gasteiger partial charge in [0.15, 0.2) is 11.6 Å². The Bertz CT molecular complexity index is 1480. The molecule has 0 bridgehead atoms. The lowest BCUT2D eigenvalue weighted by Crippen LogP contribution is -2.18. The fraction of sp³-hybridized carbons (Fsp3) is 0.120. The lowest BCUT2D eigenvalue weighted by molar-refractivity contribution is -0.137. The summed E-state index contributed by atoms with van der Waals surface area (Å²) in [4.78, 5) is 29.9. The first-order valence-electron chi connectivity index (χ1n) is 10.8. The number of carbonyl (C=O) groups is 2. The van der Waals surface area contributed by atoms with Gasteiger partial charge in [-0.25, -0.2) is 9.37 Å². The molecule has 0 aliphatic heterocycles. The average Bonchev–Trinajstić information content (AvgIpc) is 3.24. The molecule has 190 valence electrons. The molecule has 0 saturated heterocycles. The van der Waals surface area contributed by atoms with Gasteiger partial charge in [0.25, 0.3) is 11.8 Å². The van der Waals surface area contributed by atoms with Crippen LogP contribution in [0.4, 0.5) is 40.6 Å². The summed E-state index contributed by atoms with van der Waals surface area (Å²) >= 11 is 0. The topological polar surface area (TPSA) is 112 Å². The zero-order chi connectivity index (χ0) is 26.7. The Hall–Kier alpha value is -4.74. The number of benzene rings is 2. The molecule has 0 unspecified atom stereocenters. The fourth-order valence-electron chi connectivity index (χ4n) is 3.37. The van der Waals surface area contributed by atoms with Crippen molar-refractivity contribution in [1.82, 2.24) is 15.2 Å². The number of para-hydroxylation sites is 1. The van der Waals surface area contributed by atoms with E-state index in [2.05, 4.69) is 31.1 Å². The molecule has 4 N–H and O–H groups in total. The molecule has 12 heteroatoms. The number of pyridine rings is 1. The monoisotopic (exact) mass is 512 g/mol. The second kappa shape index (κ2) is 10.1. The zero-order valence-corrected chi connectivity index (χ0v) is 19.5. The van der Waals surface area contributed by atoms with Gasteiger partial charge in [0.2, 0.25) is 0 Å². The predicted octanol–water partition coefficient (Wildman–Crippen LogP) is 5.83.